The van der Waals surface area contributed by atoms with Crippen LogP contribution in [0, 0.1) is 11.7 Å². The summed E-state index contributed by atoms with van der Waals surface area (Å²) in [6.45, 7) is 1.20. The summed E-state index contributed by atoms with van der Waals surface area (Å²) in [6.07, 6.45) is -1.52. The summed E-state index contributed by atoms with van der Waals surface area (Å²) in [5.74, 6) is -2.82. The first-order valence-electron chi connectivity index (χ1n) is 17.6. The van der Waals surface area contributed by atoms with Gasteiger partial charge in [-0.2, -0.15) is 13.2 Å². The highest BCUT2D eigenvalue weighted by atomic mass is 19.4. The normalized spacial score (nSPS) is 20.2. The zero-order valence-electron chi connectivity index (χ0n) is 28.8. The van der Waals surface area contributed by atoms with Gasteiger partial charge in [0.05, 0.1) is 34.2 Å². The topological polar surface area (TPSA) is 149 Å². The van der Waals surface area contributed by atoms with E-state index in [1.807, 2.05) is 4.57 Å². The summed E-state index contributed by atoms with van der Waals surface area (Å²) in [6, 6.07) is 11.6. The molecule has 1 atom stereocenters. The quantitative estimate of drug-likeness (QED) is 0.0941. The molecule has 2 N–H and O–H groups in total. The Kier molecular flexibility index (Phi) is 10.2. The van der Waals surface area contributed by atoms with E-state index < -0.39 is 53.1 Å². The maximum atomic E-state index is 14.1. The molecule has 1 saturated carbocycles. The second-order valence-electron chi connectivity index (χ2n) is 13.6. The number of carbonyl (C=O) groups is 5. The number of ether oxygens (including phenoxy) is 2. The molecule has 1 aromatic heterocycles. The van der Waals surface area contributed by atoms with Crippen LogP contribution in [-0.4, -0.2) is 76.9 Å². The molecule has 3 aromatic carbocycles. The third-order valence-electron chi connectivity index (χ3n) is 9.98. The average molecular weight is 748 g/mol. The first-order chi connectivity index (χ1) is 25.9. The summed E-state index contributed by atoms with van der Waals surface area (Å²) < 4.78 is 67.5. The van der Waals surface area contributed by atoms with Gasteiger partial charge in [0.25, 0.3) is 17.7 Å². The number of alkyl halides is 3. The fourth-order valence-corrected chi connectivity index (χ4v) is 7.25. The molecule has 5 amide bonds. The minimum atomic E-state index is -4.61. The molecule has 54 heavy (non-hydrogen) atoms. The molecule has 3 heterocycles. The van der Waals surface area contributed by atoms with Gasteiger partial charge in [-0.1, -0.05) is 6.07 Å². The van der Waals surface area contributed by atoms with Crippen molar-refractivity contribution in [1.82, 2.24) is 19.8 Å². The largest absolute Gasteiger partial charge is 0.502 e. The van der Waals surface area contributed by atoms with Crippen molar-refractivity contribution in [3.63, 3.8) is 0 Å². The van der Waals surface area contributed by atoms with E-state index >= 15 is 0 Å². The van der Waals surface area contributed by atoms with Gasteiger partial charge in [-0.25, -0.2) is 9.37 Å². The van der Waals surface area contributed by atoms with E-state index in [-0.39, 0.29) is 53.9 Å². The van der Waals surface area contributed by atoms with Crippen molar-refractivity contribution in [3.05, 3.63) is 88.7 Å². The van der Waals surface area contributed by atoms with Gasteiger partial charge in [-0.3, -0.25) is 39.5 Å². The molecule has 12 nitrogen and oxygen atoms in total. The summed E-state index contributed by atoms with van der Waals surface area (Å²) in [4.78, 5) is 68.2. The molecular weight excluding hydrogens is 713 g/mol. The van der Waals surface area contributed by atoms with Crippen molar-refractivity contribution in [2.45, 2.75) is 56.8 Å². The maximum Gasteiger partial charge on any atom is 0.416 e. The molecule has 2 aliphatic heterocycles. The van der Waals surface area contributed by atoms with Crippen molar-refractivity contribution in [2.75, 3.05) is 24.9 Å². The Bertz CT molecular complexity index is 2150. The summed E-state index contributed by atoms with van der Waals surface area (Å²) in [5.41, 5.74) is 0.0862. The van der Waals surface area contributed by atoms with Crippen LogP contribution < -0.4 is 15.4 Å². The number of halogens is 4. The zero-order valence-corrected chi connectivity index (χ0v) is 28.8. The lowest BCUT2D eigenvalue weighted by Crippen LogP contribution is -2.54. The van der Waals surface area contributed by atoms with Crippen LogP contribution in [0.15, 0.2) is 60.7 Å². The van der Waals surface area contributed by atoms with E-state index in [2.05, 4.69) is 15.6 Å². The summed E-state index contributed by atoms with van der Waals surface area (Å²) >= 11 is 0. The predicted octanol–water partition coefficient (Wildman–Crippen LogP) is 5.03. The van der Waals surface area contributed by atoms with E-state index in [0.29, 0.717) is 50.0 Å². The molecule has 1 aliphatic carbocycles. The molecule has 0 radical (unpaired) electrons. The molecule has 7 rings (SSSR count). The van der Waals surface area contributed by atoms with E-state index in [4.69, 9.17) is 9.47 Å². The minimum absolute atomic E-state index is 0.0347. The van der Waals surface area contributed by atoms with Crippen molar-refractivity contribution in [1.29, 1.82) is 0 Å². The molecule has 0 bridgehead atoms. The Balaban J connectivity index is 0.891. The van der Waals surface area contributed by atoms with Gasteiger partial charge in [0.2, 0.25) is 17.8 Å². The lowest BCUT2D eigenvalue weighted by Gasteiger charge is -2.30. The van der Waals surface area contributed by atoms with Gasteiger partial charge in [-0.15, -0.1) is 0 Å². The fraction of sp³-hybridized carbons (Fsp3) is 0.351. The van der Waals surface area contributed by atoms with Crippen molar-refractivity contribution < 1.29 is 51.0 Å². The number of hydrogen-bond acceptors (Lipinski definition) is 8. The molecule has 17 heteroatoms. The third kappa shape index (κ3) is 7.58. The number of carbonyl (C=O) groups excluding carboxylic acids is 5. The Morgan fingerprint density at radius 3 is 2.46 bits per heavy atom. The third-order valence-corrected chi connectivity index (χ3v) is 9.98. The number of aromatic nitrogens is 2. The van der Waals surface area contributed by atoms with Gasteiger partial charge in [0, 0.05) is 37.2 Å². The standard InChI is InChI=1S/C37H34BF4N5O7/c39-23-6-11-29-28(15-23)43-36(45-32(49)21-2-1-3-22(14-21)37(40,41)42)46(29)24-7-4-20(5-8-24)17-53-18-38-19-54-25-9-10-26-27(16-25)35(52)47(34(26)51)30-12-13-31(48)44-33(30)50/h1-3,6,9-11,14-16,20,24,30,38H,4-5,7-8,12-13,17-19H2,(H,43,45,49)(H,44,48,50)/t20-,24+,30?. The molecule has 1 saturated heterocycles. The Hall–Kier alpha value is -5.58. The van der Waals surface area contributed by atoms with Gasteiger partial charge in [0.1, 0.15) is 17.6 Å². The number of rotatable bonds is 11. The van der Waals surface area contributed by atoms with Crippen LogP contribution in [-0.2, 0) is 20.5 Å². The Morgan fingerprint density at radius 1 is 0.926 bits per heavy atom. The first-order valence-corrected chi connectivity index (χ1v) is 17.6. The van der Waals surface area contributed by atoms with Gasteiger partial charge < -0.3 is 14.0 Å². The smallest absolute Gasteiger partial charge is 0.416 e. The number of imidazole rings is 1. The molecular formula is C37H34BF4N5O7. The van der Waals surface area contributed by atoms with E-state index in [1.54, 1.807) is 12.1 Å². The molecule has 1 unspecified atom stereocenters. The first kappa shape index (κ1) is 36.8. The van der Waals surface area contributed by atoms with Crippen LogP contribution in [0.5, 0.6) is 5.75 Å². The summed E-state index contributed by atoms with van der Waals surface area (Å²) in [7, 11) is 0.550. The van der Waals surface area contributed by atoms with Crippen LogP contribution in [0.2, 0.25) is 0 Å². The number of anilines is 1. The second kappa shape index (κ2) is 15.0. The van der Waals surface area contributed by atoms with Crippen molar-refractivity contribution in [2.24, 2.45) is 5.92 Å². The van der Waals surface area contributed by atoms with Gasteiger partial charge >= 0.3 is 6.18 Å². The lowest BCUT2D eigenvalue weighted by atomic mass is 9.81. The number of piperidine rings is 1. The number of nitrogens with zero attached hydrogens (tertiary/aromatic N) is 3. The summed E-state index contributed by atoms with van der Waals surface area (Å²) in [5, 5.41) is 4.82. The van der Waals surface area contributed by atoms with E-state index in [1.165, 1.54) is 30.3 Å². The maximum absolute atomic E-state index is 14.1. The van der Waals surface area contributed by atoms with E-state index in [0.717, 1.165) is 35.9 Å². The molecule has 4 aromatic rings. The Morgan fingerprint density at radius 2 is 1.70 bits per heavy atom. The van der Waals surface area contributed by atoms with Gasteiger partial charge in [-0.05, 0) is 86.6 Å². The molecule has 3 aliphatic rings. The van der Waals surface area contributed by atoms with Crippen LogP contribution >= 0.6 is 0 Å². The number of benzene rings is 3. The molecule has 2 fully saturated rings. The minimum Gasteiger partial charge on any atom is -0.502 e. The number of hydrogen-bond donors (Lipinski definition) is 2. The van der Waals surface area contributed by atoms with Crippen molar-refractivity contribution in [3.8, 4) is 5.75 Å². The van der Waals surface area contributed by atoms with Crippen LogP contribution in [0.4, 0.5) is 23.5 Å². The van der Waals surface area contributed by atoms with Crippen molar-refractivity contribution >= 4 is 53.8 Å². The zero-order chi connectivity index (χ0) is 38.1. The number of fused-ring (bicyclic) bond motifs is 2. The van der Waals surface area contributed by atoms with Crippen LogP contribution in [0.3, 0.4) is 0 Å². The Labute approximate surface area is 306 Å². The van der Waals surface area contributed by atoms with Gasteiger partial charge in [0.15, 0.2) is 7.28 Å². The van der Waals surface area contributed by atoms with Crippen LogP contribution in [0.1, 0.15) is 81.2 Å². The average Bonchev–Trinajstić information content (AvgIpc) is 3.61. The highest BCUT2D eigenvalue weighted by Crippen LogP contribution is 2.37. The highest BCUT2D eigenvalue weighted by molar-refractivity contribution is 6.35. The predicted molar refractivity (Wildman–Crippen MR) is 187 cm³/mol. The second-order valence-corrected chi connectivity index (χ2v) is 13.6. The highest BCUT2D eigenvalue weighted by Gasteiger charge is 2.44. The van der Waals surface area contributed by atoms with E-state index in [9.17, 15) is 41.5 Å². The molecule has 280 valence electrons. The number of nitrogens with one attached hydrogen (secondary N) is 2. The monoisotopic (exact) mass is 747 g/mol. The fourth-order valence-electron chi connectivity index (χ4n) is 7.25. The number of amides is 5. The lowest BCUT2D eigenvalue weighted by molar-refractivity contribution is -0.138. The SMILES string of the molecule is O=C1CCC(N2C(=O)c3ccc(OCBCOC[C@H]4CC[C@@H](n5c(NC(=O)c6cccc(C(F)(F)F)c6)nc6cc(F)ccc65)CC4)cc3C2=O)C(=O)N1. The molecule has 0 spiro atoms. The van der Waals surface area contributed by atoms with Crippen LogP contribution in [0.25, 0.3) is 11.0 Å². The number of imide groups is 2.